The molecule has 7 heteroatoms. The predicted molar refractivity (Wildman–Crippen MR) is 133 cm³/mol. The van der Waals surface area contributed by atoms with Gasteiger partial charge in [0.1, 0.15) is 0 Å². The number of nitrogens with one attached hydrogen (secondary N) is 1. The van der Waals surface area contributed by atoms with Gasteiger partial charge in [-0.3, -0.25) is 0 Å². The fraction of sp³-hybridized carbons (Fsp3) is 0.423. The number of allylic oxidation sites excluding steroid dienone is 5. The number of methoxy groups -OCH3 is 1. The number of carboxylic acids is 1. The summed E-state index contributed by atoms with van der Waals surface area (Å²) in [6.45, 7) is 3.15. The summed E-state index contributed by atoms with van der Waals surface area (Å²) in [7, 11) is 1.57. The Hall–Kier alpha value is -2.38. The fourth-order valence-corrected chi connectivity index (χ4v) is 4.04. The normalized spacial score (nSPS) is 16.1. The summed E-state index contributed by atoms with van der Waals surface area (Å²) in [6.07, 6.45) is 15.6. The highest BCUT2D eigenvalue weighted by molar-refractivity contribution is 6.19. The molecule has 0 radical (unpaired) electrons. The minimum atomic E-state index is -0.916. The molecule has 3 rings (SSSR count). The van der Waals surface area contributed by atoms with Crippen molar-refractivity contribution in [2.24, 2.45) is 0 Å². The molecule has 0 saturated carbocycles. The van der Waals surface area contributed by atoms with Crippen molar-refractivity contribution in [3.63, 3.8) is 0 Å². The number of nitrogens with zero attached hydrogens (tertiary/aromatic N) is 1. The fourth-order valence-electron chi connectivity index (χ4n) is 3.95. The first kappa shape index (κ1) is 25.2. The number of fused-ring (bicyclic) bond motifs is 2. The van der Waals surface area contributed by atoms with Gasteiger partial charge in [-0.1, -0.05) is 48.0 Å². The maximum absolute atomic E-state index is 10.5. The van der Waals surface area contributed by atoms with Crippen LogP contribution in [0.4, 0.5) is 5.69 Å². The monoisotopic (exact) mass is 472 g/mol. The second-order valence-electron chi connectivity index (χ2n) is 8.05. The summed E-state index contributed by atoms with van der Waals surface area (Å²) in [5, 5.41) is 11.9. The van der Waals surface area contributed by atoms with Crippen LogP contribution in [-0.4, -0.2) is 50.0 Å². The molecule has 1 unspecified atom stereocenters. The zero-order valence-electron chi connectivity index (χ0n) is 19.1. The van der Waals surface area contributed by atoms with Gasteiger partial charge in [-0.2, -0.15) is 0 Å². The molecule has 1 heterocycles. The van der Waals surface area contributed by atoms with Gasteiger partial charge in [0, 0.05) is 37.7 Å². The van der Waals surface area contributed by atoms with Crippen molar-refractivity contribution >= 4 is 23.3 Å². The average Bonchev–Trinajstić information content (AvgIpc) is 2.97. The van der Waals surface area contributed by atoms with Crippen LogP contribution in [0, 0.1) is 0 Å². The third-order valence-corrected chi connectivity index (χ3v) is 5.94. The molecular weight excluding hydrogens is 440 g/mol. The molecule has 0 fully saturated rings. The second-order valence-corrected chi connectivity index (χ2v) is 8.53. The van der Waals surface area contributed by atoms with E-state index in [-0.39, 0.29) is 0 Å². The predicted octanol–water partition coefficient (Wildman–Crippen LogP) is 4.56. The van der Waals surface area contributed by atoms with Crippen LogP contribution in [0.15, 0.2) is 65.9 Å². The Morgan fingerprint density at radius 2 is 2.21 bits per heavy atom. The molecular formula is C26H33ClN2O4. The van der Waals surface area contributed by atoms with Crippen molar-refractivity contribution < 1.29 is 19.4 Å². The Kier molecular flexibility index (Phi) is 10.2. The third-order valence-electron chi connectivity index (χ3n) is 5.64. The molecule has 1 aromatic carbocycles. The first-order valence-corrected chi connectivity index (χ1v) is 11.8. The lowest BCUT2D eigenvalue weighted by Gasteiger charge is -2.30. The van der Waals surface area contributed by atoms with E-state index in [4.69, 9.17) is 26.2 Å². The number of hydrogen-bond donors (Lipinski definition) is 2. The van der Waals surface area contributed by atoms with Crippen LogP contribution in [0.2, 0.25) is 0 Å². The smallest absolute Gasteiger partial charge is 0.328 e. The molecule has 0 bridgehead atoms. The van der Waals surface area contributed by atoms with Crippen molar-refractivity contribution in [1.82, 2.24) is 5.32 Å². The highest BCUT2D eigenvalue weighted by Crippen LogP contribution is 2.35. The number of alkyl halides is 1. The van der Waals surface area contributed by atoms with Crippen LogP contribution in [0.25, 0.3) is 0 Å². The molecule has 0 saturated heterocycles. The van der Waals surface area contributed by atoms with E-state index in [2.05, 4.69) is 52.7 Å². The van der Waals surface area contributed by atoms with Gasteiger partial charge in [0.05, 0.1) is 13.2 Å². The van der Waals surface area contributed by atoms with Gasteiger partial charge >= 0.3 is 5.97 Å². The Morgan fingerprint density at radius 1 is 1.33 bits per heavy atom. The van der Waals surface area contributed by atoms with Crippen molar-refractivity contribution in [3.05, 3.63) is 77.1 Å². The first-order chi connectivity index (χ1) is 16.1. The van der Waals surface area contributed by atoms with E-state index in [0.29, 0.717) is 19.8 Å². The molecule has 1 aliphatic carbocycles. The van der Waals surface area contributed by atoms with Gasteiger partial charge in [0.25, 0.3) is 0 Å². The van der Waals surface area contributed by atoms with Crippen molar-refractivity contribution in [2.45, 2.75) is 37.9 Å². The van der Waals surface area contributed by atoms with E-state index in [9.17, 15) is 4.79 Å². The number of benzene rings is 1. The Bertz CT molecular complexity index is 923. The molecule has 2 N–H and O–H groups in total. The molecule has 2 aliphatic rings. The van der Waals surface area contributed by atoms with Crippen LogP contribution in [0.1, 0.15) is 30.4 Å². The zero-order valence-corrected chi connectivity index (χ0v) is 19.9. The maximum Gasteiger partial charge on any atom is 0.328 e. The van der Waals surface area contributed by atoms with Gasteiger partial charge < -0.3 is 24.8 Å². The Labute approximate surface area is 201 Å². The number of carboxylic acid groups (broad SMARTS) is 1. The van der Waals surface area contributed by atoms with Crippen LogP contribution >= 0.6 is 11.6 Å². The summed E-state index contributed by atoms with van der Waals surface area (Å²) in [5.41, 5.74) is 5.85. The van der Waals surface area contributed by atoms with Crippen molar-refractivity contribution in [3.8, 4) is 0 Å². The number of ether oxygens (including phenoxy) is 2. The van der Waals surface area contributed by atoms with Crippen LogP contribution in [0.5, 0.6) is 0 Å². The van der Waals surface area contributed by atoms with Gasteiger partial charge in [-0.05, 0) is 61.1 Å². The Morgan fingerprint density at radius 3 is 3.03 bits per heavy atom. The zero-order chi connectivity index (χ0) is 23.5. The van der Waals surface area contributed by atoms with Gasteiger partial charge in [-0.25, -0.2) is 4.79 Å². The molecule has 1 aromatic rings. The second kappa shape index (κ2) is 13.4. The lowest BCUT2D eigenvalue weighted by molar-refractivity contribution is -0.131. The quantitative estimate of drug-likeness (QED) is 0.249. The number of halogens is 1. The van der Waals surface area contributed by atoms with E-state index in [1.807, 2.05) is 0 Å². The molecule has 0 aromatic heterocycles. The van der Waals surface area contributed by atoms with Crippen molar-refractivity contribution in [1.29, 1.82) is 0 Å². The lowest BCUT2D eigenvalue weighted by atomic mass is 10.0. The highest BCUT2D eigenvalue weighted by atomic mass is 35.5. The number of aliphatic carboxylic acids is 1. The SMILES string of the molecule is COC(Cl)COCc1ccc2c(c1)N(CCCCNCC=CC(=O)O)C1=CC=CCC1=CC2. The van der Waals surface area contributed by atoms with E-state index in [1.54, 1.807) is 13.2 Å². The van der Waals surface area contributed by atoms with Crippen molar-refractivity contribution in [2.75, 3.05) is 38.3 Å². The number of anilines is 1. The minimum Gasteiger partial charge on any atom is -0.478 e. The van der Waals surface area contributed by atoms with E-state index >= 15 is 0 Å². The first-order valence-electron chi connectivity index (χ1n) is 11.4. The molecule has 1 aliphatic heterocycles. The maximum atomic E-state index is 10.5. The molecule has 33 heavy (non-hydrogen) atoms. The molecule has 6 nitrogen and oxygen atoms in total. The number of hydrogen-bond acceptors (Lipinski definition) is 5. The molecule has 1 atom stereocenters. The lowest BCUT2D eigenvalue weighted by Crippen LogP contribution is -2.26. The molecule has 0 amide bonds. The number of rotatable bonds is 13. The van der Waals surface area contributed by atoms with E-state index < -0.39 is 11.5 Å². The minimum absolute atomic E-state index is 0.342. The van der Waals surface area contributed by atoms with Crippen LogP contribution < -0.4 is 10.2 Å². The average molecular weight is 473 g/mol. The van der Waals surface area contributed by atoms with Gasteiger partial charge in [0.15, 0.2) is 5.56 Å². The molecule has 0 spiro atoms. The topological polar surface area (TPSA) is 71.0 Å². The van der Waals surface area contributed by atoms with Crippen LogP contribution in [-0.2, 0) is 27.3 Å². The largest absolute Gasteiger partial charge is 0.478 e. The van der Waals surface area contributed by atoms with Crippen LogP contribution in [0.3, 0.4) is 0 Å². The summed E-state index contributed by atoms with van der Waals surface area (Å²) in [6, 6.07) is 6.56. The number of carbonyl (C=O) groups is 1. The van der Waals surface area contributed by atoms with Gasteiger partial charge in [0.2, 0.25) is 0 Å². The number of unbranched alkanes of at least 4 members (excludes halogenated alkanes) is 1. The Balaban J connectivity index is 1.65. The standard InChI is InChI=1S/C26H33ClN2O4/c1-32-25(27)19-33-18-20-10-11-22-13-12-21-7-2-3-8-23(21)29(24(22)17-20)16-5-4-14-28-15-6-9-26(30)31/h2-3,6,8-12,17,25,28H,4-5,7,13-16,18-19H2,1H3,(H,30,31). The van der Waals surface area contributed by atoms with Gasteiger partial charge in [-0.15, -0.1) is 0 Å². The summed E-state index contributed by atoms with van der Waals surface area (Å²) in [4.78, 5) is 13.0. The summed E-state index contributed by atoms with van der Waals surface area (Å²) >= 11 is 5.98. The third kappa shape index (κ3) is 7.86. The van der Waals surface area contributed by atoms with E-state index in [0.717, 1.165) is 44.3 Å². The molecule has 178 valence electrons. The van der Waals surface area contributed by atoms with E-state index in [1.165, 1.54) is 28.6 Å². The summed E-state index contributed by atoms with van der Waals surface area (Å²) < 4.78 is 10.8. The highest BCUT2D eigenvalue weighted by Gasteiger charge is 2.22. The summed E-state index contributed by atoms with van der Waals surface area (Å²) in [5.74, 6) is -0.916.